The van der Waals surface area contributed by atoms with E-state index in [2.05, 4.69) is 53.1 Å². The molecule has 3 aromatic carbocycles. The Balaban J connectivity index is 1.28. The van der Waals surface area contributed by atoms with Crippen LogP contribution in [0.15, 0.2) is 69.9 Å². The van der Waals surface area contributed by atoms with E-state index in [9.17, 15) is 9.59 Å². The van der Waals surface area contributed by atoms with E-state index < -0.39 is 0 Å². The first-order valence-corrected chi connectivity index (χ1v) is 15.7. The third-order valence-corrected chi connectivity index (χ3v) is 10.0. The molecule has 2 aliphatic heterocycles. The lowest BCUT2D eigenvalue weighted by molar-refractivity contribution is -0.121. The summed E-state index contributed by atoms with van der Waals surface area (Å²) in [5, 5.41) is 2.84. The van der Waals surface area contributed by atoms with Gasteiger partial charge in [-0.3, -0.25) is 14.5 Å². The minimum absolute atomic E-state index is 0.00833. The molecule has 0 radical (unpaired) electrons. The first-order valence-electron chi connectivity index (χ1n) is 14.8. The number of carbonyl (C=O) groups is 1. The van der Waals surface area contributed by atoms with Crippen LogP contribution in [0.2, 0.25) is 0 Å². The smallest absolute Gasteiger partial charge is 0.240 e. The van der Waals surface area contributed by atoms with E-state index in [0.717, 1.165) is 69.5 Å². The number of amides is 1. The van der Waals surface area contributed by atoms with Gasteiger partial charge in [0, 0.05) is 75.8 Å². The zero-order valence-corrected chi connectivity index (χ0v) is 24.9. The molecule has 7 rings (SSSR count). The Kier molecular flexibility index (Phi) is 7.22. The number of likely N-dealkylation sites (N-methyl/N-ethyl adjacent to an activating group) is 1. The lowest BCUT2D eigenvalue weighted by Gasteiger charge is -2.33. The molecular weight excluding hydrogens is 546 g/mol. The van der Waals surface area contributed by atoms with Gasteiger partial charge in [0.25, 0.3) is 0 Å². The molecule has 2 fully saturated rings. The number of ether oxygens (including phenoxy) is 1. The number of morpholine rings is 1. The van der Waals surface area contributed by atoms with Crippen molar-refractivity contribution in [3.63, 3.8) is 0 Å². The van der Waals surface area contributed by atoms with Crippen molar-refractivity contribution in [3.05, 3.63) is 70.9 Å². The van der Waals surface area contributed by atoms with Crippen molar-refractivity contribution in [2.24, 2.45) is 0 Å². The Morgan fingerprint density at radius 1 is 0.952 bits per heavy atom. The van der Waals surface area contributed by atoms with Crippen LogP contribution in [0.1, 0.15) is 26.2 Å². The van der Waals surface area contributed by atoms with Crippen molar-refractivity contribution < 1.29 is 13.9 Å². The number of hydrogen-bond donors (Lipinski definition) is 0. The molecule has 2 saturated heterocycles. The largest absolute Gasteiger partial charge is 0.440 e. The number of hydrogen-bond acceptors (Lipinski definition) is 7. The fourth-order valence-corrected chi connectivity index (χ4v) is 7.49. The van der Waals surface area contributed by atoms with E-state index in [0.29, 0.717) is 36.6 Å². The standard InChI is InChI=1S/C34H35N3O4S/c1-22-21-40-17-16-37(22)20-31(39)35(2)23-12-13-30-28(18-23)26-10-7-9-25(34(26)42-30)24-8-6-11-27-29(38)19-32(41-33(24)27)36-14-4-3-5-15-36/h6-13,18-19,22H,3-5,14-17,20-21H2,1-2H3/t22-/m0/s1. The lowest BCUT2D eigenvalue weighted by Crippen LogP contribution is -2.48. The predicted molar refractivity (Wildman–Crippen MR) is 172 cm³/mol. The van der Waals surface area contributed by atoms with E-state index in [1.165, 1.54) is 6.42 Å². The number of benzene rings is 3. The lowest BCUT2D eigenvalue weighted by atomic mass is 10.0. The maximum atomic E-state index is 13.2. The topological polar surface area (TPSA) is 66.2 Å². The second-order valence-electron chi connectivity index (χ2n) is 11.5. The molecule has 0 bridgehead atoms. The number of anilines is 2. The summed E-state index contributed by atoms with van der Waals surface area (Å²) in [6.07, 6.45) is 3.44. The molecule has 0 N–H and O–H groups in total. The van der Waals surface area contributed by atoms with Gasteiger partial charge in [-0.15, -0.1) is 11.3 Å². The van der Waals surface area contributed by atoms with Gasteiger partial charge in [-0.05, 0) is 50.5 Å². The van der Waals surface area contributed by atoms with Gasteiger partial charge < -0.3 is 19.0 Å². The van der Waals surface area contributed by atoms with Gasteiger partial charge in [0.05, 0.1) is 25.1 Å². The summed E-state index contributed by atoms with van der Waals surface area (Å²) in [5.74, 6) is 0.727. The maximum absolute atomic E-state index is 13.2. The molecule has 7 nitrogen and oxygen atoms in total. The van der Waals surface area contributed by atoms with Gasteiger partial charge in [0.15, 0.2) is 11.3 Å². The monoisotopic (exact) mass is 581 g/mol. The van der Waals surface area contributed by atoms with Gasteiger partial charge in [-0.1, -0.05) is 30.3 Å². The summed E-state index contributed by atoms with van der Waals surface area (Å²) in [4.78, 5) is 32.6. The van der Waals surface area contributed by atoms with Crippen LogP contribution in [0, 0.1) is 0 Å². The molecule has 5 aromatic rings. The van der Waals surface area contributed by atoms with E-state index in [-0.39, 0.29) is 17.4 Å². The summed E-state index contributed by atoms with van der Waals surface area (Å²) >= 11 is 1.73. The fraction of sp³-hybridized carbons (Fsp3) is 0.353. The van der Waals surface area contributed by atoms with E-state index in [4.69, 9.17) is 9.15 Å². The van der Waals surface area contributed by atoms with Crippen molar-refractivity contribution in [2.75, 3.05) is 56.2 Å². The van der Waals surface area contributed by atoms with Crippen LogP contribution in [-0.2, 0) is 9.53 Å². The molecule has 1 amide bonds. The summed E-state index contributed by atoms with van der Waals surface area (Å²) in [7, 11) is 1.85. The molecule has 216 valence electrons. The molecule has 42 heavy (non-hydrogen) atoms. The quantitative estimate of drug-likeness (QED) is 0.236. The number of rotatable bonds is 5. The fourth-order valence-electron chi connectivity index (χ4n) is 6.27. The van der Waals surface area contributed by atoms with Crippen LogP contribution in [-0.4, -0.2) is 63.3 Å². The molecule has 1 atom stereocenters. The normalized spacial score (nSPS) is 18.2. The van der Waals surface area contributed by atoms with Crippen molar-refractivity contribution in [2.45, 2.75) is 32.2 Å². The Morgan fingerprint density at radius 3 is 2.55 bits per heavy atom. The highest BCUT2D eigenvalue weighted by atomic mass is 32.1. The van der Waals surface area contributed by atoms with Crippen LogP contribution in [0.4, 0.5) is 11.6 Å². The van der Waals surface area contributed by atoms with E-state index in [1.54, 1.807) is 22.3 Å². The minimum Gasteiger partial charge on any atom is -0.440 e. The Hall–Kier alpha value is -3.72. The van der Waals surface area contributed by atoms with Crippen molar-refractivity contribution >= 4 is 60.0 Å². The predicted octanol–water partition coefficient (Wildman–Crippen LogP) is 6.50. The second kappa shape index (κ2) is 11.2. The molecule has 0 aliphatic carbocycles. The van der Waals surface area contributed by atoms with Gasteiger partial charge >= 0.3 is 0 Å². The van der Waals surface area contributed by atoms with Crippen molar-refractivity contribution in [1.82, 2.24) is 4.90 Å². The molecular formula is C34H35N3O4S. The Labute approximate surface area is 248 Å². The van der Waals surface area contributed by atoms with Crippen molar-refractivity contribution in [3.8, 4) is 11.1 Å². The molecule has 0 unspecified atom stereocenters. The molecule has 2 aliphatic rings. The molecule has 0 saturated carbocycles. The number of fused-ring (bicyclic) bond motifs is 4. The SMILES string of the molecule is C[C@H]1COCCN1CC(=O)N(C)c1ccc2sc3c(-c4cccc5c(=O)cc(N6CCCCC6)oc45)cccc3c2c1. The Bertz CT molecular complexity index is 1860. The summed E-state index contributed by atoms with van der Waals surface area (Å²) in [6, 6.07) is 20.3. The zero-order valence-electron chi connectivity index (χ0n) is 24.1. The highest BCUT2D eigenvalue weighted by Crippen LogP contribution is 2.43. The third kappa shape index (κ3) is 4.87. The van der Waals surface area contributed by atoms with Crippen molar-refractivity contribution in [1.29, 1.82) is 0 Å². The third-order valence-electron chi connectivity index (χ3n) is 8.78. The van der Waals surface area contributed by atoms with Gasteiger partial charge in [-0.2, -0.15) is 0 Å². The molecule has 0 spiro atoms. The van der Waals surface area contributed by atoms with Crippen LogP contribution < -0.4 is 15.2 Å². The van der Waals surface area contributed by atoms with Gasteiger partial charge in [0.2, 0.25) is 5.91 Å². The van der Waals surface area contributed by atoms with Crippen LogP contribution in [0.3, 0.4) is 0 Å². The molecule has 8 heteroatoms. The van der Waals surface area contributed by atoms with Crippen LogP contribution >= 0.6 is 11.3 Å². The summed E-state index contributed by atoms with van der Waals surface area (Å²) in [6.45, 7) is 6.39. The minimum atomic E-state index is -0.00833. The average molecular weight is 582 g/mol. The summed E-state index contributed by atoms with van der Waals surface area (Å²) in [5.41, 5.74) is 3.48. The number of thiophene rings is 1. The number of piperidine rings is 1. The summed E-state index contributed by atoms with van der Waals surface area (Å²) < 4.78 is 14.3. The zero-order chi connectivity index (χ0) is 28.8. The Morgan fingerprint density at radius 2 is 1.74 bits per heavy atom. The number of para-hydroxylation sites is 1. The number of nitrogens with zero attached hydrogens (tertiary/aromatic N) is 3. The van der Waals surface area contributed by atoms with E-state index in [1.807, 2.05) is 25.2 Å². The second-order valence-corrected chi connectivity index (χ2v) is 12.5. The average Bonchev–Trinajstić information content (AvgIpc) is 3.40. The van der Waals surface area contributed by atoms with Crippen LogP contribution in [0.5, 0.6) is 0 Å². The highest BCUT2D eigenvalue weighted by Gasteiger charge is 2.24. The molecule has 4 heterocycles. The van der Waals surface area contributed by atoms with Gasteiger partial charge in [0.1, 0.15) is 5.58 Å². The first kappa shape index (κ1) is 27.1. The van der Waals surface area contributed by atoms with E-state index >= 15 is 0 Å². The molecule has 2 aromatic heterocycles. The van der Waals surface area contributed by atoms with Gasteiger partial charge in [-0.25, -0.2) is 0 Å². The maximum Gasteiger partial charge on any atom is 0.240 e. The van der Waals surface area contributed by atoms with Crippen LogP contribution in [0.25, 0.3) is 42.3 Å². The number of carbonyl (C=O) groups excluding carboxylic acids is 1. The highest BCUT2D eigenvalue weighted by molar-refractivity contribution is 7.26. The first-order chi connectivity index (χ1) is 20.5.